The van der Waals surface area contributed by atoms with Crippen LogP contribution >= 0.6 is 11.6 Å². The summed E-state index contributed by atoms with van der Waals surface area (Å²) in [6, 6.07) is 8.97. The minimum atomic E-state index is -4.63. The van der Waals surface area contributed by atoms with Crippen LogP contribution in [0.25, 0.3) is 16.9 Å². The van der Waals surface area contributed by atoms with Gasteiger partial charge in [0.1, 0.15) is 11.6 Å². The summed E-state index contributed by atoms with van der Waals surface area (Å²) in [7, 11) is 0. The summed E-state index contributed by atoms with van der Waals surface area (Å²) in [5.74, 6) is 0. The fourth-order valence-corrected chi connectivity index (χ4v) is 2.23. The molecule has 0 saturated carbocycles. The number of nitrogens with zero attached hydrogens (tertiary/aromatic N) is 4. The van der Waals surface area contributed by atoms with Crippen molar-refractivity contribution in [2.24, 2.45) is 0 Å². The quantitative estimate of drug-likeness (QED) is 0.682. The molecule has 0 bridgehead atoms. The van der Waals surface area contributed by atoms with E-state index in [-0.39, 0.29) is 16.9 Å². The Morgan fingerprint density at radius 3 is 2.64 bits per heavy atom. The molecule has 0 radical (unpaired) electrons. The van der Waals surface area contributed by atoms with Crippen LogP contribution in [0.5, 0.6) is 0 Å². The van der Waals surface area contributed by atoms with Crippen molar-refractivity contribution in [3.63, 3.8) is 0 Å². The molecular weight excluding hydrogens is 317 g/mol. The molecule has 0 saturated heterocycles. The topological polar surface area (TPSA) is 54.0 Å². The van der Waals surface area contributed by atoms with Crippen molar-refractivity contribution < 1.29 is 13.2 Å². The van der Waals surface area contributed by atoms with Crippen LogP contribution in [0, 0.1) is 11.3 Å². The summed E-state index contributed by atoms with van der Waals surface area (Å²) in [5, 5.41) is 12.9. The van der Waals surface area contributed by atoms with Gasteiger partial charge >= 0.3 is 6.18 Å². The third kappa shape index (κ3) is 2.38. The molecule has 0 aliphatic carbocycles. The number of rotatable bonds is 1. The Bertz CT molecular complexity index is 909. The summed E-state index contributed by atoms with van der Waals surface area (Å²) in [6.07, 6.45) is -3.58. The Kier molecular flexibility index (Phi) is 3.26. The summed E-state index contributed by atoms with van der Waals surface area (Å²) in [4.78, 5) is 4.11. The van der Waals surface area contributed by atoms with Gasteiger partial charge in [0.25, 0.3) is 0 Å². The lowest BCUT2D eigenvalue weighted by Gasteiger charge is -2.11. The van der Waals surface area contributed by atoms with Crippen molar-refractivity contribution in [3.05, 3.63) is 52.8 Å². The van der Waals surface area contributed by atoms with Gasteiger partial charge in [0, 0.05) is 10.6 Å². The van der Waals surface area contributed by atoms with E-state index in [1.54, 1.807) is 24.3 Å². The number of halogens is 4. The van der Waals surface area contributed by atoms with Gasteiger partial charge in [0.15, 0.2) is 11.3 Å². The molecule has 2 aromatic heterocycles. The second-order valence-corrected chi connectivity index (χ2v) is 4.88. The third-order valence-corrected chi connectivity index (χ3v) is 3.24. The Labute approximate surface area is 127 Å². The lowest BCUT2D eigenvalue weighted by Crippen LogP contribution is -2.13. The molecule has 8 heteroatoms. The highest BCUT2D eigenvalue weighted by Crippen LogP contribution is 2.33. The molecule has 0 amide bonds. The Morgan fingerprint density at radius 2 is 2.00 bits per heavy atom. The van der Waals surface area contributed by atoms with E-state index < -0.39 is 11.9 Å². The third-order valence-electron chi connectivity index (χ3n) is 3.00. The summed E-state index contributed by atoms with van der Waals surface area (Å²) in [6.45, 7) is 0. The summed E-state index contributed by atoms with van der Waals surface area (Å²) < 4.78 is 40.2. The van der Waals surface area contributed by atoms with Gasteiger partial charge in [-0.25, -0.2) is 9.50 Å². The number of hydrogen-bond acceptors (Lipinski definition) is 3. The van der Waals surface area contributed by atoms with E-state index in [9.17, 15) is 13.2 Å². The van der Waals surface area contributed by atoms with Gasteiger partial charge < -0.3 is 0 Å². The highest BCUT2D eigenvalue weighted by molar-refractivity contribution is 6.30. The maximum atomic E-state index is 13.2. The second-order valence-electron chi connectivity index (χ2n) is 4.44. The standard InChI is InChI=1S/C14H6ClF3N4/c15-10-3-1-2-8(4-10)11-5-12(14(16,17)18)22-13(21-11)9(6-19)7-20-22/h1-5,7H. The summed E-state index contributed by atoms with van der Waals surface area (Å²) in [5.41, 5.74) is -0.694. The number of alkyl halides is 3. The molecule has 0 aliphatic heterocycles. The normalized spacial score (nSPS) is 11.6. The van der Waals surface area contributed by atoms with Gasteiger partial charge in [0.05, 0.1) is 11.9 Å². The van der Waals surface area contributed by atoms with Crippen LogP contribution in [0.15, 0.2) is 36.5 Å². The van der Waals surface area contributed by atoms with Crippen molar-refractivity contribution in [1.29, 1.82) is 5.26 Å². The molecular formula is C14H6ClF3N4. The number of fused-ring (bicyclic) bond motifs is 1. The van der Waals surface area contributed by atoms with Crippen molar-refractivity contribution in [2.75, 3.05) is 0 Å². The first kappa shape index (κ1) is 14.4. The van der Waals surface area contributed by atoms with E-state index in [1.807, 2.05) is 0 Å². The lowest BCUT2D eigenvalue weighted by atomic mass is 10.1. The first-order valence-electron chi connectivity index (χ1n) is 6.02. The van der Waals surface area contributed by atoms with Crippen molar-refractivity contribution in [2.45, 2.75) is 6.18 Å². The molecule has 0 aliphatic rings. The molecule has 0 N–H and O–H groups in total. The van der Waals surface area contributed by atoms with E-state index in [0.717, 1.165) is 12.3 Å². The second kappa shape index (κ2) is 5.00. The first-order valence-corrected chi connectivity index (χ1v) is 6.40. The minimum absolute atomic E-state index is 0.0330. The maximum absolute atomic E-state index is 13.2. The van der Waals surface area contributed by atoms with Crippen LogP contribution in [0.4, 0.5) is 13.2 Å². The molecule has 0 atom stereocenters. The molecule has 0 unspecified atom stereocenters. The van der Waals surface area contributed by atoms with Crippen molar-refractivity contribution in [1.82, 2.24) is 14.6 Å². The van der Waals surface area contributed by atoms with Gasteiger partial charge in [-0.15, -0.1) is 0 Å². The Balaban J connectivity index is 2.35. The number of nitriles is 1. The zero-order chi connectivity index (χ0) is 15.9. The van der Waals surface area contributed by atoms with Gasteiger partial charge in [-0.2, -0.15) is 23.5 Å². The average Bonchev–Trinajstić information content (AvgIpc) is 2.88. The fraction of sp³-hybridized carbons (Fsp3) is 0.0714. The van der Waals surface area contributed by atoms with E-state index >= 15 is 0 Å². The minimum Gasteiger partial charge on any atom is -0.227 e. The van der Waals surface area contributed by atoms with Gasteiger partial charge in [-0.1, -0.05) is 23.7 Å². The van der Waals surface area contributed by atoms with Crippen LogP contribution in [-0.2, 0) is 6.18 Å². The molecule has 0 spiro atoms. The lowest BCUT2D eigenvalue weighted by molar-refractivity contribution is -0.142. The van der Waals surface area contributed by atoms with E-state index in [2.05, 4.69) is 10.1 Å². The smallest absolute Gasteiger partial charge is 0.227 e. The molecule has 4 nitrogen and oxygen atoms in total. The zero-order valence-corrected chi connectivity index (χ0v) is 11.5. The highest BCUT2D eigenvalue weighted by Gasteiger charge is 2.35. The molecule has 110 valence electrons. The predicted octanol–water partition coefficient (Wildman–Crippen LogP) is 3.94. The molecule has 22 heavy (non-hydrogen) atoms. The first-order chi connectivity index (χ1) is 10.4. The maximum Gasteiger partial charge on any atom is 0.433 e. The van der Waals surface area contributed by atoms with Crippen LogP contribution < -0.4 is 0 Å². The van der Waals surface area contributed by atoms with Crippen molar-refractivity contribution >= 4 is 17.2 Å². The van der Waals surface area contributed by atoms with Crippen LogP contribution in [0.3, 0.4) is 0 Å². The van der Waals surface area contributed by atoms with Gasteiger partial charge in [0.2, 0.25) is 0 Å². The van der Waals surface area contributed by atoms with Crippen LogP contribution in [-0.4, -0.2) is 14.6 Å². The molecule has 1 aromatic carbocycles. The Hall–Kier alpha value is -2.59. The van der Waals surface area contributed by atoms with Crippen molar-refractivity contribution in [3.8, 4) is 17.3 Å². The van der Waals surface area contributed by atoms with Crippen LogP contribution in [0.1, 0.15) is 11.3 Å². The predicted molar refractivity (Wildman–Crippen MR) is 73.2 cm³/mol. The van der Waals surface area contributed by atoms with E-state index in [0.29, 0.717) is 15.1 Å². The van der Waals surface area contributed by atoms with Gasteiger partial charge in [-0.05, 0) is 18.2 Å². The molecule has 2 heterocycles. The highest BCUT2D eigenvalue weighted by atomic mass is 35.5. The van der Waals surface area contributed by atoms with E-state index in [1.165, 1.54) is 6.07 Å². The van der Waals surface area contributed by atoms with Crippen LogP contribution in [0.2, 0.25) is 5.02 Å². The monoisotopic (exact) mass is 322 g/mol. The Morgan fingerprint density at radius 1 is 1.23 bits per heavy atom. The number of benzene rings is 1. The summed E-state index contributed by atoms with van der Waals surface area (Å²) >= 11 is 5.86. The molecule has 3 aromatic rings. The zero-order valence-electron chi connectivity index (χ0n) is 10.8. The van der Waals surface area contributed by atoms with Gasteiger partial charge in [-0.3, -0.25) is 0 Å². The SMILES string of the molecule is N#Cc1cnn2c(C(F)(F)F)cc(-c3cccc(Cl)c3)nc12. The molecule has 0 fully saturated rings. The molecule has 3 rings (SSSR count). The van der Waals surface area contributed by atoms with E-state index in [4.69, 9.17) is 16.9 Å². The average molecular weight is 323 g/mol. The largest absolute Gasteiger partial charge is 0.433 e. The number of hydrogen-bond donors (Lipinski definition) is 0. The number of aromatic nitrogens is 3. The fourth-order valence-electron chi connectivity index (χ4n) is 2.04.